The molecular weight excluding hydrogens is 526 g/mol. The van der Waals surface area contributed by atoms with Gasteiger partial charge in [0.15, 0.2) is 20.0 Å². The molecule has 1 aliphatic rings. The molecule has 0 aromatic rings. The van der Waals surface area contributed by atoms with Crippen LogP contribution < -0.4 is 0 Å². The summed E-state index contributed by atoms with van der Waals surface area (Å²) in [5.74, 6) is 1.64. The molecule has 200 valence electrons. The van der Waals surface area contributed by atoms with E-state index < -0.39 is 39.9 Å². The zero-order valence-electron chi connectivity index (χ0n) is 19.0. The summed E-state index contributed by atoms with van der Waals surface area (Å²) in [6, 6.07) is 0. The Morgan fingerprint density at radius 2 is 1.36 bits per heavy atom. The molecular formula is C15H30F6N2O7S2Si. The number of sulfonamides is 2. The maximum Gasteiger partial charge on any atom is 0.558 e. The minimum absolute atomic E-state index is 0.778. The Bertz CT molecular complexity index is 784. The van der Waals surface area contributed by atoms with Crippen LogP contribution in [0.1, 0.15) is 26.7 Å². The Labute approximate surface area is 191 Å². The van der Waals surface area contributed by atoms with Gasteiger partial charge in [-0.15, -0.1) is 0 Å². The van der Waals surface area contributed by atoms with E-state index in [0.717, 1.165) is 26.6 Å². The zero-order chi connectivity index (χ0) is 26.5. The van der Waals surface area contributed by atoms with Gasteiger partial charge in [0.05, 0.1) is 20.1 Å². The molecule has 9 nitrogen and oxygen atoms in total. The Morgan fingerprint density at radius 3 is 1.67 bits per heavy atom. The van der Waals surface area contributed by atoms with E-state index in [2.05, 4.69) is 20.9 Å². The van der Waals surface area contributed by atoms with E-state index in [-0.39, 0.29) is 0 Å². The van der Waals surface area contributed by atoms with Gasteiger partial charge >= 0.3 is 19.8 Å². The van der Waals surface area contributed by atoms with E-state index in [9.17, 15) is 43.2 Å². The molecule has 1 saturated heterocycles. The fourth-order valence-corrected chi connectivity index (χ4v) is 7.11. The molecule has 0 aromatic carbocycles. The monoisotopic (exact) mass is 556 g/mol. The van der Waals surface area contributed by atoms with Crippen molar-refractivity contribution in [2.45, 2.75) is 37.7 Å². The highest BCUT2D eigenvalue weighted by Gasteiger charge is 2.50. The molecule has 0 amide bonds. The van der Waals surface area contributed by atoms with Crippen LogP contribution in [-0.4, -0.2) is 88.8 Å². The third-order valence-electron chi connectivity index (χ3n) is 5.45. The van der Waals surface area contributed by atoms with Crippen molar-refractivity contribution >= 4 is 28.9 Å². The highest BCUT2D eigenvalue weighted by molar-refractivity contribution is 8.13. The number of alkyl halides is 6. The van der Waals surface area contributed by atoms with Gasteiger partial charge in [0.2, 0.25) is 0 Å². The van der Waals surface area contributed by atoms with E-state index in [4.69, 9.17) is 13.3 Å². The minimum Gasteiger partial charge on any atom is -0.421 e. The third-order valence-corrected chi connectivity index (χ3v) is 11.2. The second-order valence-electron chi connectivity index (χ2n) is 7.83. The van der Waals surface area contributed by atoms with Crippen molar-refractivity contribution in [1.82, 2.24) is 0 Å². The number of quaternary nitrogens is 1. The smallest absolute Gasteiger partial charge is 0.421 e. The van der Waals surface area contributed by atoms with Crippen LogP contribution in [0, 0.1) is 11.8 Å². The Hall–Kier alpha value is -0.503. The normalized spacial score (nSPS) is 23.7. The second-order valence-corrected chi connectivity index (χ2v) is 14.2. The van der Waals surface area contributed by atoms with Gasteiger partial charge in [0.25, 0.3) is 0 Å². The summed E-state index contributed by atoms with van der Waals surface area (Å²) in [5.41, 5.74) is -12.4. The van der Waals surface area contributed by atoms with Gasteiger partial charge in [0, 0.05) is 33.7 Å². The van der Waals surface area contributed by atoms with Crippen LogP contribution in [0.4, 0.5) is 26.3 Å². The summed E-state index contributed by atoms with van der Waals surface area (Å²) in [7, 11) is -8.49. The topological polar surface area (TPSA) is 110 Å². The van der Waals surface area contributed by atoms with Crippen LogP contribution in [0.15, 0.2) is 0 Å². The molecule has 3 unspecified atom stereocenters. The fraction of sp³-hybridized carbons (Fsp3) is 1.00. The maximum absolute atomic E-state index is 11.4. The van der Waals surface area contributed by atoms with Gasteiger partial charge in [-0.05, 0) is 5.92 Å². The summed E-state index contributed by atoms with van der Waals surface area (Å²) < 4.78 is 127. The highest BCUT2D eigenvalue weighted by atomic mass is 32.3. The summed E-state index contributed by atoms with van der Waals surface area (Å²) in [6.45, 7) is 7.08. The summed E-state index contributed by atoms with van der Waals surface area (Å²) >= 11 is 0. The van der Waals surface area contributed by atoms with Gasteiger partial charge in [0.1, 0.15) is 6.17 Å². The minimum atomic E-state index is -6.72. The molecule has 0 N–H and O–H groups in total. The molecule has 18 heteroatoms. The maximum atomic E-state index is 11.4. The summed E-state index contributed by atoms with van der Waals surface area (Å²) in [4.78, 5) is 0. The average Bonchev–Trinajstić information content (AvgIpc) is 3.05. The first-order chi connectivity index (χ1) is 14.6. The van der Waals surface area contributed by atoms with Gasteiger partial charge in [-0.1, -0.05) is 20.3 Å². The standard InChI is InChI=1S/C13H30NO3Si.C2F6NO4S2/c1-7-12(2)13-8-9-14(3,10-13)11-18(15-4,16-5)17-6;3-1(4,5)14(10,11)9-15(12,13)2(6,7)8/h12-13H,7-11H2,1-6H3;/q+1;-1. The van der Waals surface area contributed by atoms with Crippen molar-refractivity contribution in [1.29, 1.82) is 0 Å². The molecule has 0 bridgehead atoms. The van der Waals surface area contributed by atoms with Gasteiger partial charge in [-0.3, -0.25) is 0 Å². The summed E-state index contributed by atoms with van der Waals surface area (Å²) in [5, 5.41) is 0. The van der Waals surface area contributed by atoms with Crippen molar-refractivity contribution in [3.63, 3.8) is 0 Å². The van der Waals surface area contributed by atoms with Crippen LogP contribution in [0.25, 0.3) is 4.13 Å². The predicted molar refractivity (Wildman–Crippen MR) is 108 cm³/mol. The van der Waals surface area contributed by atoms with E-state index in [1.807, 2.05) is 0 Å². The van der Waals surface area contributed by atoms with E-state index in [0.29, 0.717) is 0 Å². The lowest BCUT2D eigenvalue weighted by atomic mass is 9.91. The fourth-order valence-electron chi connectivity index (χ4n) is 3.29. The molecule has 0 aliphatic carbocycles. The van der Waals surface area contributed by atoms with Crippen molar-refractivity contribution < 1.29 is 60.9 Å². The zero-order valence-corrected chi connectivity index (χ0v) is 21.7. The molecule has 0 radical (unpaired) electrons. The lowest BCUT2D eigenvalue weighted by Crippen LogP contribution is -2.60. The van der Waals surface area contributed by atoms with Crippen LogP contribution >= 0.6 is 0 Å². The Morgan fingerprint density at radius 1 is 0.970 bits per heavy atom. The molecule has 1 fully saturated rings. The lowest BCUT2D eigenvalue weighted by Gasteiger charge is -2.36. The number of nitrogens with zero attached hydrogens (tertiary/aromatic N) is 2. The second kappa shape index (κ2) is 11.5. The quantitative estimate of drug-likeness (QED) is 0.244. The number of likely N-dealkylation sites (tertiary alicyclic amines) is 1. The Balaban J connectivity index is 0.000000633. The van der Waals surface area contributed by atoms with E-state index in [1.54, 1.807) is 21.3 Å². The number of hydrogen-bond acceptors (Lipinski definition) is 7. The third kappa shape index (κ3) is 8.90. The Kier molecular flexibility index (Phi) is 11.3. The SMILES string of the molecule is CCC(C)C1CC[N+](C)(C[Si](OC)(OC)OC)C1.O=S(=O)([N-]S(=O)(=O)C(F)(F)F)C(F)(F)F. The first-order valence-electron chi connectivity index (χ1n) is 9.50. The molecule has 0 spiro atoms. The number of rotatable bonds is 9. The van der Waals surface area contributed by atoms with Crippen molar-refractivity contribution in [2.75, 3.05) is 47.6 Å². The molecule has 0 aromatic heterocycles. The molecule has 1 heterocycles. The average molecular weight is 557 g/mol. The van der Waals surface area contributed by atoms with Gasteiger partial charge in [-0.25, -0.2) is 16.8 Å². The van der Waals surface area contributed by atoms with Crippen molar-refractivity contribution in [2.24, 2.45) is 11.8 Å². The van der Waals surface area contributed by atoms with Crippen molar-refractivity contribution in [3.05, 3.63) is 4.13 Å². The summed E-state index contributed by atoms with van der Waals surface area (Å²) in [6.07, 6.45) is 3.46. The molecule has 3 atom stereocenters. The number of hydrogen-bond donors (Lipinski definition) is 0. The molecule has 0 saturated carbocycles. The lowest BCUT2D eigenvalue weighted by molar-refractivity contribution is -0.891. The first-order valence-corrected chi connectivity index (χ1v) is 14.3. The van der Waals surface area contributed by atoms with Crippen LogP contribution in [0.2, 0.25) is 0 Å². The molecule has 1 aliphatic heterocycles. The van der Waals surface area contributed by atoms with Crippen molar-refractivity contribution in [3.8, 4) is 0 Å². The van der Waals surface area contributed by atoms with E-state index in [1.165, 1.54) is 25.9 Å². The largest absolute Gasteiger partial charge is 0.558 e. The molecule has 33 heavy (non-hydrogen) atoms. The molecule has 1 rings (SSSR count). The van der Waals surface area contributed by atoms with Gasteiger partial charge < -0.3 is 21.9 Å². The van der Waals surface area contributed by atoms with Crippen LogP contribution in [0.3, 0.4) is 0 Å². The van der Waals surface area contributed by atoms with Crippen LogP contribution in [-0.2, 0) is 33.3 Å². The predicted octanol–water partition coefficient (Wildman–Crippen LogP) is 2.98. The van der Waals surface area contributed by atoms with E-state index >= 15 is 0 Å². The van der Waals surface area contributed by atoms with Crippen LogP contribution in [0.5, 0.6) is 0 Å². The number of halogens is 6. The highest BCUT2D eigenvalue weighted by Crippen LogP contribution is 2.36. The first kappa shape index (κ1) is 32.5. The van der Waals surface area contributed by atoms with Gasteiger partial charge in [-0.2, -0.15) is 26.3 Å².